The van der Waals surface area contributed by atoms with E-state index in [0.29, 0.717) is 22.7 Å². The zero-order chi connectivity index (χ0) is 21.0. The van der Waals surface area contributed by atoms with Gasteiger partial charge < -0.3 is 14.3 Å². The van der Waals surface area contributed by atoms with Crippen molar-refractivity contribution in [3.63, 3.8) is 0 Å². The summed E-state index contributed by atoms with van der Waals surface area (Å²) in [4.78, 5) is 12.6. The van der Waals surface area contributed by atoms with Crippen molar-refractivity contribution in [2.24, 2.45) is 13.0 Å². The number of hydrogen-bond acceptors (Lipinski definition) is 5. The van der Waals surface area contributed by atoms with E-state index in [0.717, 1.165) is 5.56 Å². The molecule has 3 aromatic rings. The molecule has 0 aliphatic heterocycles. The van der Waals surface area contributed by atoms with E-state index in [1.54, 1.807) is 6.26 Å². The average Bonchev–Trinajstić information content (AvgIpc) is 3.34. The number of carbonyl (C=O) groups is 1. The summed E-state index contributed by atoms with van der Waals surface area (Å²) in [6.45, 7) is 8.59. The Hall–Kier alpha value is -2.54. The zero-order valence-corrected chi connectivity index (χ0v) is 18.4. The summed E-state index contributed by atoms with van der Waals surface area (Å²) < 4.78 is 7.21. The number of aromatic nitrogens is 3. The van der Waals surface area contributed by atoms with Crippen molar-refractivity contribution >= 4 is 17.7 Å². The van der Waals surface area contributed by atoms with Gasteiger partial charge in [-0.05, 0) is 35.1 Å². The topological polar surface area (TPSA) is 73.0 Å². The molecule has 2 aromatic heterocycles. The molecule has 1 aromatic carbocycles. The Bertz CT molecular complexity index is 930. The minimum atomic E-state index is -0.0255. The fraction of sp³-hybridized carbons (Fsp3) is 0.409. The number of nitrogens with zero attached hydrogens (tertiary/aromatic N) is 3. The van der Waals surface area contributed by atoms with E-state index < -0.39 is 0 Å². The minimum absolute atomic E-state index is 0.0239. The van der Waals surface area contributed by atoms with Crippen molar-refractivity contribution in [3.05, 3.63) is 53.8 Å². The Labute approximate surface area is 176 Å². The molecule has 2 heterocycles. The first-order valence-corrected chi connectivity index (χ1v) is 10.8. The number of furan rings is 1. The Morgan fingerprint density at radius 1 is 1.10 bits per heavy atom. The molecule has 3 rings (SSSR count). The molecule has 7 heteroatoms. The number of rotatable bonds is 8. The first-order chi connectivity index (χ1) is 13.9. The monoisotopic (exact) mass is 412 g/mol. The summed E-state index contributed by atoms with van der Waals surface area (Å²) in [6.07, 6.45) is 1.60. The normalized spacial score (nSPS) is 12.5. The molecule has 29 heavy (non-hydrogen) atoms. The standard InChI is InChI=1S/C22H28N4O2S/c1-14(2)16-8-10-17(11-9-16)20(15(3)4)23-19(27)13-29-22-25-24-21(26(22)5)18-7-6-12-28-18/h6-12,14-15,20H,13H2,1-5H3,(H,23,27)/t20-/m0/s1. The first kappa shape index (κ1) is 21.2. The van der Waals surface area contributed by atoms with E-state index in [9.17, 15) is 4.79 Å². The Kier molecular flexibility index (Phi) is 6.79. The van der Waals surface area contributed by atoms with E-state index in [1.807, 2.05) is 23.7 Å². The van der Waals surface area contributed by atoms with Crippen LogP contribution in [0.4, 0.5) is 0 Å². The molecular formula is C22H28N4O2S. The van der Waals surface area contributed by atoms with Gasteiger partial charge in [0.05, 0.1) is 18.1 Å². The van der Waals surface area contributed by atoms with E-state index in [4.69, 9.17) is 4.42 Å². The second-order valence-electron chi connectivity index (χ2n) is 7.74. The minimum Gasteiger partial charge on any atom is -0.461 e. The van der Waals surface area contributed by atoms with Crippen LogP contribution in [0.2, 0.25) is 0 Å². The molecule has 0 aliphatic carbocycles. The van der Waals surface area contributed by atoms with Crippen LogP contribution in [-0.2, 0) is 11.8 Å². The van der Waals surface area contributed by atoms with E-state index in [1.165, 1.54) is 17.3 Å². The smallest absolute Gasteiger partial charge is 0.230 e. The van der Waals surface area contributed by atoms with Crippen LogP contribution in [0, 0.1) is 5.92 Å². The van der Waals surface area contributed by atoms with Crippen molar-refractivity contribution in [2.45, 2.75) is 44.8 Å². The van der Waals surface area contributed by atoms with Gasteiger partial charge in [0.1, 0.15) is 0 Å². The third-order valence-electron chi connectivity index (χ3n) is 4.85. The highest BCUT2D eigenvalue weighted by Gasteiger charge is 2.20. The average molecular weight is 413 g/mol. The van der Waals surface area contributed by atoms with Crippen LogP contribution in [-0.4, -0.2) is 26.4 Å². The predicted molar refractivity (Wildman–Crippen MR) is 116 cm³/mol. The fourth-order valence-corrected chi connectivity index (χ4v) is 3.85. The van der Waals surface area contributed by atoms with E-state index in [2.05, 4.69) is 67.5 Å². The van der Waals surface area contributed by atoms with Crippen molar-refractivity contribution in [3.8, 4) is 11.6 Å². The van der Waals surface area contributed by atoms with Crippen LogP contribution in [0.3, 0.4) is 0 Å². The molecule has 1 amide bonds. The van der Waals surface area contributed by atoms with Crippen molar-refractivity contribution in [1.82, 2.24) is 20.1 Å². The number of thioether (sulfide) groups is 1. The molecular weight excluding hydrogens is 384 g/mol. The summed E-state index contributed by atoms with van der Waals surface area (Å²) >= 11 is 1.36. The highest BCUT2D eigenvalue weighted by atomic mass is 32.2. The third kappa shape index (κ3) is 5.09. The van der Waals surface area contributed by atoms with Gasteiger partial charge in [-0.3, -0.25) is 4.79 Å². The fourth-order valence-electron chi connectivity index (χ4n) is 3.13. The predicted octanol–water partition coefficient (Wildman–Crippen LogP) is 4.80. The second kappa shape index (κ2) is 9.31. The SMILES string of the molecule is CC(C)c1ccc([C@@H](NC(=O)CSc2nnc(-c3ccco3)n2C)C(C)C)cc1. The van der Waals surface area contributed by atoms with Crippen LogP contribution >= 0.6 is 11.8 Å². The van der Waals surface area contributed by atoms with Gasteiger partial charge in [0.15, 0.2) is 16.7 Å². The molecule has 0 saturated carbocycles. The number of benzene rings is 1. The number of nitrogens with one attached hydrogen (secondary N) is 1. The maximum absolute atomic E-state index is 12.6. The lowest BCUT2D eigenvalue weighted by Crippen LogP contribution is -2.33. The molecule has 1 atom stereocenters. The lowest BCUT2D eigenvalue weighted by Gasteiger charge is -2.23. The highest BCUT2D eigenvalue weighted by Crippen LogP contribution is 2.26. The lowest BCUT2D eigenvalue weighted by atomic mass is 9.93. The van der Waals surface area contributed by atoms with E-state index in [-0.39, 0.29) is 23.6 Å². The van der Waals surface area contributed by atoms with Gasteiger partial charge in [0, 0.05) is 7.05 Å². The van der Waals surface area contributed by atoms with Crippen LogP contribution in [0.25, 0.3) is 11.6 Å². The summed E-state index contributed by atoms with van der Waals surface area (Å²) in [7, 11) is 1.87. The molecule has 0 spiro atoms. The van der Waals surface area contributed by atoms with Gasteiger partial charge in [-0.15, -0.1) is 10.2 Å². The summed E-state index contributed by atoms with van der Waals surface area (Å²) in [6, 6.07) is 12.1. The Morgan fingerprint density at radius 3 is 2.38 bits per heavy atom. The van der Waals surface area contributed by atoms with Crippen LogP contribution < -0.4 is 5.32 Å². The van der Waals surface area contributed by atoms with Gasteiger partial charge in [-0.1, -0.05) is 63.7 Å². The second-order valence-corrected chi connectivity index (χ2v) is 8.68. The largest absolute Gasteiger partial charge is 0.461 e. The van der Waals surface area contributed by atoms with Gasteiger partial charge >= 0.3 is 0 Å². The number of amides is 1. The third-order valence-corrected chi connectivity index (χ3v) is 5.87. The van der Waals surface area contributed by atoms with Crippen molar-refractivity contribution in [1.29, 1.82) is 0 Å². The number of carbonyl (C=O) groups excluding carboxylic acids is 1. The van der Waals surface area contributed by atoms with Gasteiger partial charge in [0.25, 0.3) is 0 Å². The maximum Gasteiger partial charge on any atom is 0.230 e. The number of hydrogen-bond donors (Lipinski definition) is 1. The molecule has 0 fully saturated rings. The van der Waals surface area contributed by atoms with Crippen molar-refractivity contribution < 1.29 is 9.21 Å². The molecule has 0 saturated heterocycles. The Morgan fingerprint density at radius 2 is 1.79 bits per heavy atom. The highest BCUT2D eigenvalue weighted by molar-refractivity contribution is 7.99. The van der Waals surface area contributed by atoms with Crippen LogP contribution in [0.5, 0.6) is 0 Å². The van der Waals surface area contributed by atoms with Crippen LogP contribution in [0.15, 0.2) is 52.2 Å². The molecule has 6 nitrogen and oxygen atoms in total. The summed E-state index contributed by atoms with van der Waals surface area (Å²) in [5, 5.41) is 12.2. The molecule has 0 bridgehead atoms. The molecule has 1 N–H and O–H groups in total. The molecule has 0 aliphatic rings. The Balaban J connectivity index is 1.63. The molecule has 154 valence electrons. The van der Waals surface area contributed by atoms with Crippen molar-refractivity contribution in [2.75, 3.05) is 5.75 Å². The summed E-state index contributed by atoms with van der Waals surface area (Å²) in [5.41, 5.74) is 2.43. The van der Waals surface area contributed by atoms with Gasteiger partial charge in [-0.2, -0.15) is 0 Å². The van der Waals surface area contributed by atoms with Gasteiger partial charge in [-0.25, -0.2) is 0 Å². The summed E-state index contributed by atoms with van der Waals surface area (Å²) in [5.74, 6) is 2.32. The quantitative estimate of drug-likeness (QED) is 0.538. The molecule has 0 unspecified atom stereocenters. The zero-order valence-electron chi connectivity index (χ0n) is 17.5. The maximum atomic E-state index is 12.6. The first-order valence-electron chi connectivity index (χ1n) is 9.82. The van der Waals surface area contributed by atoms with E-state index >= 15 is 0 Å². The molecule has 0 radical (unpaired) electrons. The van der Waals surface area contributed by atoms with Crippen LogP contribution in [0.1, 0.15) is 50.8 Å². The lowest BCUT2D eigenvalue weighted by molar-refractivity contribution is -0.119. The van der Waals surface area contributed by atoms with Gasteiger partial charge in [0.2, 0.25) is 5.91 Å².